The van der Waals surface area contributed by atoms with Crippen LogP contribution in [0.5, 0.6) is 0 Å². The van der Waals surface area contributed by atoms with E-state index in [0.717, 1.165) is 0 Å². The number of hydrogen-bond acceptors (Lipinski definition) is 4. The minimum absolute atomic E-state index is 0.0587. The Morgan fingerprint density at radius 2 is 1.76 bits per heavy atom. The van der Waals surface area contributed by atoms with Gasteiger partial charge < -0.3 is 15.4 Å². The summed E-state index contributed by atoms with van der Waals surface area (Å²) in [5, 5.41) is 5.59. The molecule has 0 fully saturated rings. The number of methoxy groups -OCH3 is 1. The molecule has 29 heavy (non-hydrogen) atoms. The molecule has 0 radical (unpaired) electrons. The second-order valence-electron chi connectivity index (χ2n) is 6.47. The number of hydrogen-bond donors (Lipinski definition) is 2. The monoisotopic (exact) mass is 420 g/mol. The van der Waals surface area contributed by atoms with Crippen LogP contribution in [0.4, 0.5) is 4.39 Å². The lowest BCUT2D eigenvalue weighted by Crippen LogP contribution is -2.53. The molecule has 0 unspecified atom stereocenters. The SMILES string of the molecule is COC(=O)[C@H](Cc1ccccc1Cl)NC(=O)[C@H](Cc1cccc(F)c1)NC(C)=O. The van der Waals surface area contributed by atoms with Crippen molar-refractivity contribution in [2.45, 2.75) is 31.8 Å². The average Bonchev–Trinajstić information content (AvgIpc) is 2.67. The molecule has 2 amide bonds. The molecule has 2 atom stereocenters. The number of esters is 1. The summed E-state index contributed by atoms with van der Waals surface area (Å²) in [7, 11) is 1.21. The number of carbonyl (C=O) groups excluding carboxylic acids is 3. The van der Waals surface area contributed by atoms with E-state index in [9.17, 15) is 18.8 Å². The zero-order valence-corrected chi connectivity index (χ0v) is 16.8. The van der Waals surface area contributed by atoms with Crippen molar-refractivity contribution in [3.63, 3.8) is 0 Å². The summed E-state index contributed by atoms with van der Waals surface area (Å²) in [5.74, 6) is -2.12. The first-order valence-electron chi connectivity index (χ1n) is 8.93. The highest BCUT2D eigenvalue weighted by atomic mass is 35.5. The second kappa shape index (κ2) is 10.6. The number of benzene rings is 2. The maximum absolute atomic E-state index is 13.5. The third-order valence-electron chi connectivity index (χ3n) is 4.21. The van der Waals surface area contributed by atoms with Gasteiger partial charge in [0, 0.05) is 24.8 Å². The molecule has 6 nitrogen and oxygen atoms in total. The molecular formula is C21H22ClFN2O4. The number of nitrogens with one attached hydrogen (secondary N) is 2. The van der Waals surface area contributed by atoms with E-state index in [-0.39, 0.29) is 12.8 Å². The summed E-state index contributed by atoms with van der Waals surface area (Å²) >= 11 is 6.15. The van der Waals surface area contributed by atoms with Gasteiger partial charge in [0.05, 0.1) is 7.11 Å². The molecule has 2 N–H and O–H groups in total. The van der Waals surface area contributed by atoms with Gasteiger partial charge in [-0.15, -0.1) is 0 Å². The van der Waals surface area contributed by atoms with Gasteiger partial charge in [0.15, 0.2) is 0 Å². The third kappa shape index (κ3) is 6.87. The summed E-state index contributed by atoms with van der Waals surface area (Å²) in [4.78, 5) is 36.6. The highest BCUT2D eigenvalue weighted by Gasteiger charge is 2.27. The van der Waals surface area contributed by atoms with Gasteiger partial charge in [0.25, 0.3) is 0 Å². The Labute approximate surface area is 173 Å². The summed E-state index contributed by atoms with van der Waals surface area (Å²) in [6.45, 7) is 1.27. The quantitative estimate of drug-likeness (QED) is 0.642. The number of rotatable bonds is 8. The summed E-state index contributed by atoms with van der Waals surface area (Å²) in [6.07, 6.45) is 0.175. The fourth-order valence-electron chi connectivity index (χ4n) is 2.85. The molecule has 0 aliphatic carbocycles. The van der Waals surface area contributed by atoms with Crippen molar-refractivity contribution in [1.29, 1.82) is 0 Å². The van der Waals surface area contributed by atoms with Crippen LogP contribution in [0, 0.1) is 5.82 Å². The summed E-state index contributed by atoms with van der Waals surface area (Å²) in [6, 6.07) is 10.7. The smallest absolute Gasteiger partial charge is 0.328 e. The van der Waals surface area contributed by atoms with Gasteiger partial charge in [0.1, 0.15) is 17.9 Å². The van der Waals surface area contributed by atoms with Crippen molar-refractivity contribution in [2.24, 2.45) is 0 Å². The fourth-order valence-corrected chi connectivity index (χ4v) is 3.06. The minimum Gasteiger partial charge on any atom is -0.467 e. The molecular weight excluding hydrogens is 399 g/mol. The van der Waals surface area contributed by atoms with Crippen LogP contribution in [0.3, 0.4) is 0 Å². The zero-order chi connectivity index (χ0) is 21.4. The van der Waals surface area contributed by atoms with Crippen molar-refractivity contribution < 1.29 is 23.5 Å². The first kappa shape index (κ1) is 22.4. The summed E-state index contributed by atoms with van der Waals surface area (Å²) < 4.78 is 18.2. The van der Waals surface area contributed by atoms with Crippen LogP contribution in [0.2, 0.25) is 5.02 Å². The average molecular weight is 421 g/mol. The van der Waals surface area contributed by atoms with Crippen LogP contribution in [-0.4, -0.2) is 37.0 Å². The van der Waals surface area contributed by atoms with Crippen LogP contribution in [0.1, 0.15) is 18.1 Å². The van der Waals surface area contributed by atoms with E-state index in [1.165, 1.54) is 32.2 Å². The fraction of sp³-hybridized carbons (Fsp3) is 0.286. The van der Waals surface area contributed by atoms with E-state index in [1.54, 1.807) is 30.3 Å². The Kier molecular flexibility index (Phi) is 8.15. The normalized spacial score (nSPS) is 12.6. The maximum atomic E-state index is 13.5. The Hall–Kier alpha value is -2.93. The van der Waals surface area contributed by atoms with Crippen LogP contribution in [-0.2, 0) is 32.0 Å². The first-order valence-corrected chi connectivity index (χ1v) is 9.31. The van der Waals surface area contributed by atoms with Crippen LogP contribution >= 0.6 is 11.6 Å². The van der Waals surface area contributed by atoms with Gasteiger partial charge in [-0.25, -0.2) is 9.18 Å². The number of ether oxygens (including phenoxy) is 1. The molecule has 0 spiro atoms. The van der Waals surface area contributed by atoms with Gasteiger partial charge in [-0.2, -0.15) is 0 Å². The number of amides is 2. The van der Waals surface area contributed by atoms with Crippen molar-refractivity contribution in [2.75, 3.05) is 7.11 Å². The highest BCUT2D eigenvalue weighted by Crippen LogP contribution is 2.17. The molecule has 0 aromatic heterocycles. The van der Waals surface area contributed by atoms with Crippen LogP contribution in [0.15, 0.2) is 48.5 Å². The molecule has 0 bridgehead atoms. The molecule has 154 valence electrons. The predicted octanol–water partition coefficient (Wildman–Crippen LogP) is 2.43. The Morgan fingerprint density at radius 1 is 1.03 bits per heavy atom. The van der Waals surface area contributed by atoms with E-state index in [0.29, 0.717) is 16.1 Å². The summed E-state index contributed by atoms with van der Waals surface area (Å²) in [5.41, 5.74) is 1.19. The maximum Gasteiger partial charge on any atom is 0.328 e. The van der Waals surface area contributed by atoms with Gasteiger partial charge in [0.2, 0.25) is 11.8 Å². The Bertz CT molecular complexity index is 890. The molecule has 0 aliphatic rings. The number of halogens is 2. The third-order valence-corrected chi connectivity index (χ3v) is 4.58. The Morgan fingerprint density at radius 3 is 2.38 bits per heavy atom. The van der Waals surface area contributed by atoms with Gasteiger partial charge >= 0.3 is 5.97 Å². The second-order valence-corrected chi connectivity index (χ2v) is 6.87. The topological polar surface area (TPSA) is 84.5 Å². The standard InChI is InChI=1S/C21H22ClFN2O4/c1-13(26)24-18(11-14-6-5-8-16(23)10-14)20(27)25-19(21(28)29-2)12-15-7-3-4-9-17(15)22/h3-10,18-19H,11-12H2,1-2H3,(H,24,26)(H,25,27)/t18-,19-/m0/s1. The Balaban J connectivity index is 2.19. The van der Waals surface area contributed by atoms with E-state index < -0.39 is 35.7 Å². The van der Waals surface area contributed by atoms with Crippen molar-refractivity contribution in [3.8, 4) is 0 Å². The lowest BCUT2D eigenvalue weighted by molar-refractivity contribution is -0.145. The molecule has 0 heterocycles. The van der Waals surface area contributed by atoms with E-state index in [2.05, 4.69) is 10.6 Å². The molecule has 2 aromatic carbocycles. The van der Waals surface area contributed by atoms with Crippen molar-refractivity contribution in [1.82, 2.24) is 10.6 Å². The minimum atomic E-state index is -1.00. The van der Waals surface area contributed by atoms with E-state index in [1.807, 2.05) is 0 Å². The largest absolute Gasteiger partial charge is 0.467 e. The first-order chi connectivity index (χ1) is 13.8. The predicted molar refractivity (Wildman–Crippen MR) is 107 cm³/mol. The lowest BCUT2D eigenvalue weighted by atomic mass is 10.0. The molecule has 8 heteroatoms. The van der Waals surface area contributed by atoms with Crippen molar-refractivity contribution >= 4 is 29.4 Å². The van der Waals surface area contributed by atoms with E-state index >= 15 is 0 Å². The molecule has 2 aromatic rings. The molecule has 2 rings (SSSR count). The van der Waals surface area contributed by atoms with E-state index in [4.69, 9.17) is 16.3 Å². The van der Waals surface area contributed by atoms with Gasteiger partial charge in [-0.05, 0) is 29.3 Å². The van der Waals surface area contributed by atoms with Gasteiger partial charge in [-0.3, -0.25) is 9.59 Å². The lowest BCUT2D eigenvalue weighted by Gasteiger charge is -2.22. The molecule has 0 aliphatic heterocycles. The number of carbonyl (C=O) groups is 3. The molecule has 0 saturated heterocycles. The van der Waals surface area contributed by atoms with Crippen LogP contribution in [0.25, 0.3) is 0 Å². The van der Waals surface area contributed by atoms with Crippen LogP contribution < -0.4 is 10.6 Å². The molecule has 0 saturated carbocycles. The van der Waals surface area contributed by atoms with Crippen molar-refractivity contribution in [3.05, 3.63) is 70.5 Å². The highest BCUT2D eigenvalue weighted by molar-refractivity contribution is 6.31. The zero-order valence-electron chi connectivity index (χ0n) is 16.1. The van der Waals surface area contributed by atoms with Gasteiger partial charge in [-0.1, -0.05) is 41.9 Å².